The van der Waals surface area contributed by atoms with Gasteiger partial charge in [0.1, 0.15) is 5.69 Å². The number of thiophene rings is 1. The van der Waals surface area contributed by atoms with E-state index in [2.05, 4.69) is 16.3 Å². The second-order valence-electron chi connectivity index (χ2n) is 5.92. The van der Waals surface area contributed by atoms with E-state index in [1.54, 1.807) is 17.4 Å². The lowest BCUT2D eigenvalue weighted by Gasteiger charge is -2.20. The smallest absolute Gasteiger partial charge is 0.272 e. The zero-order valence-corrected chi connectivity index (χ0v) is 14.5. The maximum atomic E-state index is 12.9. The molecule has 6 heteroatoms. The van der Waals surface area contributed by atoms with Gasteiger partial charge in [0.15, 0.2) is 0 Å². The largest absolute Gasteiger partial charge is 0.329 e. The molecule has 0 spiro atoms. The van der Waals surface area contributed by atoms with Crippen molar-refractivity contribution >= 4 is 28.8 Å². The zero-order chi connectivity index (χ0) is 16.5. The lowest BCUT2D eigenvalue weighted by Crippen LogP contribution is -2.32. The minimum absolute atomic E-state index is 0.00618. The average molecular weight is 358 g/mol. The number of rotatable bonds is 5. The highest BCUT2D eigenvalue weighted by Gasteiger charge is 2.34. The number of carbonyl (C=O) groups is 1. The van der Waals surface area contributed by atoms with Crippen LogP contribution in [0.5, 0.6) is 0 Å². The summed E-state index contributed by atoms with van der Waals surface area (Å²) in [7, 11) is 0. The van der Waals surface area contributed by atoms with E-state index in [9.17, 15) is 4.79 Å². The summed E-state index contributed by atoms with van der Waals surface area (Å²) in [5.74, 6) is 0.00618. The molecule has 2 heterocycles. The number of amides is 1. The minimum atomic E-state index is 0.00618. The van der Waals surface area contributed by atoms with Gasteiger partial charge in [-0.25, -0.2) is 0 Å². The van der Waals surface area contributed by atoms with Crippen molar-refractivity contribution in [3.63, 3.8) is 0 Å². The van der Waals surface area contributed by atoms with E-state index in [4.69, 9.17) is 11.6 Å². The third-order valence-electron chi connectivity index (χ3n) is 4.08. The fourth-order valence-electron chi connectivity index (χ4n) is 2.71. The van der Waals surface area contributed by atoms with E-state index in [-0.39, 0.29) is 5.91 Å². The maximum Gasteiger partial charge on any atom is 0.272 e. The molecule has 0 radical (unpaired) electrons. The average Bonchev–Trinajstić information content (AvgIpc) is 3.10. The van der Waals surface area contributed by atoms with Crippen molar-refractivity contribution in [2.24, 2.45) is 0 Å². The molecule has 0 saturated heterocycles. The van der Waals surface area contributed by atoms with Gasteiger partial charge < -0.3 is 4.90 Å². The summed E-state index contributed by atoms with van der Waals surface area (Å²) in [4.78, 5) is 16.0. The molecule has 0 unspecified atom stereocenters. The number of aromatic nitrogens is 2. The molecule has 0 atom stereocenters. The Morgan fingerprint density at radius 3 is 2.88 bits per heavy atom. The highest BCUT2D eigenvalue weighted by molar-refractivity contribution is 7.09. The van der Waals surface area contributed by atoms with Gasteiger partial charge in [0.05, 0.1) is 12.2 Å². The summed E-state index contributed by atoms with van der Waals surface area (Å²) in [5.41, 5.74) is 2.15. The molecular formula is C18H16ClN3OS. The fraction of sp³-hybridized carbons (Fsp3) is 0.222. The van der Waals surface area contributed by atoms with Crippen molar-refractivity contribution in [2.75, 3.05) is 0 Å². The Balaban J connectivity index is 1.57. The van der Waals surface area contributed by atoms with E-state index in [1.807, 2.05) is 40.6 Å². The molecule has 1 N–H and O–H groups in total. The van der Waals surface area contributed by atoms with Gasteiger partial charge in [0.2, 0.25) is 0 Å². The van der Waals surface area contributed by atoms with Crippen LogP contribution in [0.15, 0.2) is 47.8 Å². The lowest BCUT2D eigenvalue weighted by molar-refractivity contribution is 0.0725. The van der Waals surface area contributed by atoms with Crippen molar-refractivity contribution in [3.8, 4) is 11.3 Å². The van der Waals surface area contributed by atoms with Crippen LogP contribution in [0.3, 0.4) is 0 Å². The molecule has 24 heavy (non-hydrogen) atoms. The Morgan fingerprint density at radius 2 is 2.17 bits per heavy atom. The molecule has 4 rings (SSSR count). The van der Waals surface area contributed by atoms with Gasteiger partial charge >= 0.3 is 0 Å². The van der Waals surface area contributed by atoms with E-state index in [0.29, 0.717) is 23.3 Å². The van der Waals surface area contributed by atoms with Crippen LogP contribution in [-0.4, -0.2) is 27.0 Å². The first-order chi connectivity index (χ1) is 11.7. The number of carbonyl (C=O) groups excluding carboxylic acids is 1. The van der Waals surface area contributed by atoms with E-state index < -0.39 is 0 Å². The second kappa shape index (κ2) is 6.42. The number of halogens is 1. The molecule has 0 bridgehead atoms. The van der Waals surface area contributed by atoms with Gasteiger partial charge in [-0.2, -0.15) is 5.10 Å². The summed E-state index contributed by atoms with van der Waals surface area (Å²) >= 11 is 7.71. The normalized spacial score (nSPS) is 13.9. The molecule has 1 fully saturated rings. The molecule has 122 valence electrons. The van der Waals surface area contributed by atoms with Crippen molar-refractivity contribution in [2.45, 2.75) is 25.4 Å². The highest BCUT2D eigenvalue weighted by atomic mass is 35.5. The van der Waals surface area contributed by atoms with Crippen LogP contribution in [0.25, 0.3) is 11.3 Å². The molecular weight excluding hydrogens is 342 g/mol. The first-order valence-corrected chi connectivity index (χ1v) is 9.11. The van der Waals surface area contributed by atoms with E-state index in [0.717, 1.165) is 24.1 Å². The molecule has 1 amide bonds. The molecule has 2 aromatic heterocycles. The fourth-order valence-corrected chi connectivity index (χ4v) is 3.60. The number of benzene rings is 1. The van der Waals surface area contributed by atoms with Gasteiger partial charge in [-0.1, -0.05) is 29.8 Å². The topological polar surface area (TPSA) is 49.0 Å². The molecule has 1 aromatic carbocycles. The molecule has 1 saturated carbocycles. The van der Waals surface area contributed by atoms with Gasteiger partial charge in [0, 0.05) is 21.5 Å². The van der Waals surface area contributed by atoms with Gasteiger partial charge in [-0.3, -0.25) is 9.89 Å². The minimum Gasteiger partial charge on any atom is -0.329 e. The van der Waals surface area contributed by atoms with Crippen LogP contribution >= 0.6 is 22.9 Å². The third-order valence-corrected chi connectivity index (χ3v) is 5.18. The van der Waals surface area contributed by atoms with Crippen molar-refractivity contribution < 1.29 is 4.79 Å². The second-order valence-corrected chi connectivity index (χ2v) is 7.39. The lowest BCUT2D eigenvalue weighted by atomic mass is 10.1. The standard InChI is InChI=1S/C18H16ClN3OS/c19-13-4-1-3-12(9-13)16-10-17(21-20-16)18(23)22(14-6-7-14)11-15-5-2-8-24-15/h1-5,8-10,14H,6-7,11H2,(H,20,21). The SMILES string of the molecule is O=C(c1cc(-c2cccc(Cl)c2)n[nH]1)N(Cc1cccs1)C1CC1. The highest BCUT2D eigenvalue weighted by Crippen LogP contribution is 2.31. The number of hydrogen-bond acceptors (Lipinski definition) is 3. The first kappa shape index (κ1) is 15.4. The van der Waals surface area contributed by atoms with Crippen LogP contribution in [0, 0.1) is 0 Å². The quantitative estimate of drug-likeness (QED) is 0.725. The van der Waals surface area contributed by atoms with Crippen LogP contribution in [0.1, 0.15) is 28.2 Å². The Morgan fingerprint density at radius 1 is 1.29 bits per heavy atom. The number of aromatic amines is 1. The molecule has 3 aromatic rings. The zero-order valence-electron chi connectivity index (χ0n) is 12.9. The molecule has 0 aliphatic heterocycles. The van der Waals surface area contributed by atoms with Gasteiger partial charge in [0.25, 0.3) is 5.91 Å². The summed E-state index contributed by atoms with van der Waals surface area (Å²) in [6.45, 7) is 0.659. The van der Waals surface area contributed by atoms with Crippen molar-refractivity contribution in [3.05, 3.63) is 63.4 Å². The van der Waals surface area contributed by atoms with E-state index >= 15 is 0 Å². The summed E-state index contributed by atoms with van der Waals surface area (Å²) in [6, 6.07) is 13.7. The summed E-state index contributed by atoms with van der Waals surface area (Å²) < 4.78 is 0. The number of H-pyrrole nitrogens is 1. The molecule has 4 nitrogen and oxygen atoms in total. The predicted octanol–water partition coefficient (Wildman–Crippen LogP) is 4.60. The first-order valence-electron chi connectivity index (χ1n) is 7.85. The van der Waals surface area contributed by atoms with Crippen LogP contribution < -0.4 is 0 Å². The monoisotopic (exact) mass is 357 g/mol. The van der Waals surface area contributed by atoms with Crippen LogP contribution in [-0.2, 0) is 6.54 Å². The number of hydrogen-bond donors (Lipinski definition) is 1. The van der Waals surface area contributed by atoms with Crippen molar-refractivity contribution in [1.29, 1.82) is 0 Å². The van der Waals surface area contributed by atoms with Crippen LogP contribution in [0.2, 0.25) is 5.02 Å². The molecule has 1 aliphatic rings. The summed E-state index contributed by atoms with van der Waals surface area (Å²) in [5, 5.41) is 9.86. The number of nitrogens with zero attached hydrogens (tertiary/aromatic N) is 2. The summed E-state index contributed by atoms with van der Waals surface area (Å²) in [6.07, 6.45) is 2.15. The Hall–Kier alpha value is -2.11. The predicted molar refractivity (Wildman–Crippen MR) is 96.2 cm³/mol. The number of nitrogens with one attached hydrogen (secondary N) is 1. The van der Waals surface area contributed by atoms with Crippen LogP contribution in [0.4, 0.5) is 0 Å². The third kappa shape index (κ3) is 3.23. The Labute approximate surface area is 149 Å². The Kier molecular flexibility index (Phi) is 4.12. The maximum absolute atomic E-state index is 12.9. The van der Waals surface area contributed by atoms with E-state index in [1.165, 1.54) is 4.88 Å². The van der Waals surface area contributed by atoms with Gasteiger partial charge in [-0.05, 0) is 42.5 Å². The van der Waals surface area contributed by atoms with Crippen molar-refractivity contribution in [1.82, 2.24) is 15.1 Å². The molecule has 1 aliphatic carbocycles. The van der Waals surface area contributed by atoms with Gasteiger partial charge in [-0.15, -0.1) is 11.3 Å². The Bertz CT molecular complexity index is 855.